The Morgan fingerprint density at radius 2 is 1.96 bits per heavy atom. The van der Waals surface area contributed by atoms with E-state index in [9.17, 15) is 18.0 Å². The summed E-state index contributed by atoms with van der Waals surface area (Å²) in [4.78, 5) is 23.9. The molecule has 0 amide bonds. The van der Waals surface area contributed by atoms with E-state index in [1.807, 2.05) is 19.1 Å². The van der Waals surface area contributed by atoms with Crippen LogP contribution in [0.1, 0.15) is 29.3 Å². The van der Waals surface area contributed by atoms with E-state index < -0.39 is 28.1 Å². The monoisotopic (exact) mass is 401 g/mol. The first-order valence-corrected chi connectivity index (χ1v) is 10.4. The van der Waals surface area contributed by atoms with Gasteiger partial charge in [0.2, 0.25) is 6.10 Å². The molecule has 2 atom stereocenters. The standard InChI is InChI=1S/C20H19NO6S/c1-13-11-14-5-2-3-8-17(14)21(13)28(24,25)16-7-4-6-15(12-16)19(22)27-18-9-10-26-20(18)23/h2-8,12-13,18H,9-11H2,1H3. The summed E-state index contributed by atoms with van der Waals surface area (Å²) in [6.07, 6.45) is -0.0239. The van der Waals surface area contributed by atoms with E-state index >= 15 is 0 Å². The Labute approximate surface area is 162 Å². The van der Waals surface area contributed by atoms with Crippen molar-refractivity contribution in [1.29, 1.82) is 0 Å². The van der Waals surface area contributed by atoms with Crippen LogP contribution < -0.4 is 4.31 Å². The summed E-state index contributed by atoms with van der Waals surface area (Å²) in [6.45, 7) is 2.05. The molecule has 0 N–H and O–H groups in total. The number of esters is 2. The van der Waals surface area contributed by atoms with Crippen LogP contribution in [-0.2, 0) is 30.7 Å². The molecule has 0 saturated carbocycles. The van der Waals surface area contributed by atoms with E-state index in [0.717, 1.165) is 5.56 Å². The van der Waals surface area contributed by atoms with Gasteiger partial charge in [-0.25, -0.2) is 18.0 Å². The van der Waals surface area contributed by atoms with Crippen molar-refractivity contribution in [2.45, 2.75) is 36.8 Å². The molecule has 1 fully saturated rings. The molecule has 0 aromatic heterocycles. The van der Waals surface area contributed by atoms with Gasteiger partial charge in [0.1, 0.15) is 0 Å². The third-order valence-electron chi connectivity index (χ3n) is 4.91. The second-order valence-corrected chi connectivity index (χ2v) is 8.68. The SMILES string of the molecule is CC1Cc2ccccc2N1S(=O)(=O)c1cccc(C(=O)OC2CCOC2=O)c1. The minimum Gasteiger partial charge on any atom is -0.463 e. The molecular weight excluding hydrogens is 382 g/mol. The normalized spacial score (nSPS) is 21.3. The second-order valence-electron chi connectivity index (χ2n) is 6.86. The quantitative estimate of drug-likeness (QED) is 0.731. The molecule has 2 aromatic rings. The van der Waals surface area contributed by atoms with Crippen LogP contribution in [0.15, 0.2) is 53.4 Å². The van der Waals surface area contributed by atoms with Crippen molar-refractivity contribution in [3.8, 4) is 0 Å². The highest BCUT2D eigenvalue weighted by atomic mass is 32.2. The van der Waals surface area contributed by atoms with Crippen LogP contribution in [0.25, 0.3) is 0 Å². The molecule has 7 nitrogen and oxygen atoms in total. The van der Waals surface area contributed by atoms with Crippen molar-refractivity contribution < 1.29 is 27.5 Å². The number of para-hydroxylation sites is 1. The van der Waals surface area contributed by atoms with Gasteiger partial charge in [-0.3, -0.25) is 4.31 Å². The molecule has 2 aromatic carbocycles. The summed E-state index contributed by atoms with van der Waals surface area (Å²) in [6, 6.07) is 12.8. The van der Waals surface area contributed by atoms with Gasteiger partial charge in [-0.15, -0.1) is 0 Å². The van der Waals surface area contributed by atoms with Gasteiger partial charge >= 0.3 is 11.9 Å². The van der Waals surface area contributed by atoms with Crippen molar-refractivity contribution in [2.75, 3.05) is 10.9 Å². The van der Waals surface area contributed by atoms with Crippen molar-refractivity contribution in [1.82, 2.24) is 0 Å². The fourth-order valence-electron chi connectivity index (χ4n) is 3.58. The second kappa shape index (κ2) is 6.94. The van der Waals surface area contributed by atoms with Crippen molar-refractivity contribution in [3.63, 3.8) is 0 Å². The molecule has 8 heteroatoms. The number of anilines is 1. The average molecular weight is 401 g/mol. The van der Waals surface area contributed by atoms with Crippen LogP contribution in [0.2, 0.25) is 0 Å². The van der Waals surface area contributed by atoms with E-state index in [0.29, 0.717) is 18.5 Å². The molecule has 0 spiro atoms. The van der Waals surface area contributed by atoms with Gasteiger partial charge in [-0.05, 0) is 43.2 Å². The predicted octanol–water partition coefficient (Wildman–Crippen LogP) is 2.30. The maximum absolute atomic E-state index is 13.3. The number of cyclic esters (lactones) is 1. The highest BCUT2D eigenvalue weighted by Crippen LogP contribution is 2.36. The Hall–Kier alpha value is -2.87. The zero-order valence-corrected chi connectivity index (χ0v) is 16.0. The minimum atomic E-state index is -3.86. The lowest BCUT2D eigenvalue weighted by atomic mass is 10.1. The van der Waals surface area contributed by atoms with E-state index in [-0.39, 0.29) is 23.1 Å². The van der Waals surface area contributed by atoms with Gasteiger partial charge < -0.3 is 9.47 Å². The summed E-state index contributed by atoms with van der Waals surface area (Å²) in [7, 11) is -3.86. The Morgan fingerprint density at radius 3 is 2.71 bits per heavy atom. The molecule has 0 bridgehead atoms. The summed E-state index contributed by atoms with van der Waals surface area (Å²) in [5.41, 5.74) is 1.69. The zero-order chi connectivity index (χ0) is 19.9. The number of ether oxygens (including phenoxy) is 2. The molecule has 2 aliphatic heterocycles. The molecular formula is C20H19NO6S. The minimum absolute atomic E-state index is 0.000462. The lowest BCUT2D eigenvalue weighted by molar-refractivity contribution is -0.145. The predicted molar refractivity (Wildman–Crippen MR) is 100 cm³/mol. The molecule has 0 radical (unpaired) electrons. The van der Waals surface area contributed by atoms with Gasteiger partial charge in [0.15, 0.2) is 0 Å². The topological polar surface area (TPSA) is 90.0 Å². The average Bonchev–Trinajstić information content (AvgIpc) is 3.24. The highest BCUT2D eigenvalue weighted by Gasteiger charge is 2.36. The van der Waals surface area contributed by atoms with E-state index in [1.165, 1.54) is 28.6 Å². The maximum atomic E-state index is 13.3. The van der Waals surface area contributed by atoms with Gasteiger partial charge in [0.05, 0.1) is 22.8 Å². The van der Waals surface area contributed by atoms with Crippen LogP contribution >= 0.6 is 0 Å². The number of rotatable bonds is 4. The summed E-state index contributed by atoms with van der Waals surface area (Å²) in [5.74, 6) is -1.34. The third-order valence-corrected chi connectivity index (χ3v) is 6.83. The number of nitrogens with zero attached hydrogens (tertiary/aromatic N) is 1. The van der Waals surface area contributed by atoms with Crippen LogP contribution in [-0.4, -0.2) is 39.1 Å². The van der Waals surface area contributed by atoms with Crippen LogP contribution in [0.4, 0.5) is 5.69 Å². The molecule has 2 aliphatic rings. The molecule has 146 valence electrons. The fraction of sp³-hybridized carbons (Fsp3) is 0.300. The van der Waals surface area contributed by atoms with E-state index in [4.69, 9.17) is 9.47 Å². The third kappa shape index (κ3) is 3.13. The van der Waals surface area contributed by atoms with Gasteiger partial charge in [-0.1, -0.05) is 24.3 Å². The first-order valence-electron chi connectivity index (χ1n) is 8.98. The number of hydrogen-bond donors (Lipinski definition) is 0. The number of hydrogen-bond acceptors (Lipinski definition) is 6. The number of fused-ring (bicyclic) bond motifs is 1. The zero-order valence-electron chi connectivity index (χ0n) is 15.2. The van der Waals surface area contributed by atoms with Gasteiger partial charge in [0, 0.05) is 12.5 Å². The molecule has 4 rings (SSSR count). The van der Waals surface area contributed by atoms with Crippen LogP contribution in [0.5, 0.6) is 0 Å². The Morgan fingerprint density at radius 1 is 1.18 bits per heavy atom. The molecule has 1 saturated heterocycles. The number of sulfonamides is 1. The maximum Gasteiger partial charge on any atom is 0.347 e. The van der Waals surface area contributed by atoms with Crippen molar-refractivity contribution in [3.05, 3.63) is 59.7 Å². The highest BCUT2D eigenvalue weighted by molar-refractivity contribution is 7.92. The summed E-state index contributed by atoms with van der Waals surface area (Å²) in [5, 5.41) is 0. The van der Waals surface area contributed by atoms with E-state index in [2.05, 4.69) is 0 Å². The lowest BCUT2D eigenvalue weighted by Gasteiger charge is -2.24. The van der Waals surface area contributed by atoms with E-state index in [1.54, 1.807) is 12.1 Å². The Balaban J connectivity index is 1.63. The summed E-state index contributed by atoms with van der Waals surface area (Å²) < 4.78 is 37.9. The van der Waals surface area contributed by atoms with Crippen LogP contribution in [0.3, 0.4) is 0 Å². The Kier molecular flexibility index (Phi) is 4.58. The molecule has 28 heavy (non-hydrogen) atoms. The molecule has 2 heterocycles. The van der Waals surface area contributed by atoms with Crippen molar-refractivity contribution in [2.24, 2.45) is 0 Å². The summed E-state index contributed by atoms with van der Waals surface area (Å²) >= 11 is 0. The van der Waals surface area contributed by atoms with Crippen molar-refractivity contribution >= 4 is 27.6 Å². The number of carbonyl (C=O) groups excluding carboxylic acids is 2. The molecule has 0 aliphatic carbocycles. The smallest absolute Gasteiger partial charge is 0.347 e. The Bertz CT molecular complexity index is 1050. The number of carbonyl (C=O) groups is 2. The largest absolute Gasteiger partial charge is 0.463 e. The van der Waals surface area contributed by atoms with Crippen LogP contribution in [0, 0.1) is 0 Å². The molecule has 2 unspecified atom stereocenters. The van der Waals surface area contributed by atoms with Gasteiger partial charge in [0.25, 0.3) is 10.0 Å². The van der Waals surface area contributed by atoms with Gasteiger partial charge in [-0.2, -0.15) is 0 Å². The lowest BCUT2D eigenvalue weighted by Crippen LogP contribution is -2.35. The fourth-order valence-corrected chi connectivity index (χ4v) is 5.32. The first kappa shape index (κ1) is 18.5. The first-order chi connectivity index (χ1) is 13.4. The number of benzene rings is 2.